The molecule has 10 heteroatoms. The fourth-order valence-corrected chi connectivity index (χ4v) is 4.78. The monoisotopic (exact) mass is 428 g/mol. The maximum Gasteiger partial charge on any atom is 0.321 e. The molecule has 2 amide bonds. The molecule has 2 fully saturated rings. The predicted molar refractivity (Wildman–Crippen MR) is 110 cm³/mol. The molecule has 0 aromatic heterocycles. The van der Waals surface area contributed by atoms with Crippen LogP contribution in [0.3, 0.4) is 0 Å². The molecule has 2 aliphatic heterocycles. The summed E-state index contributed by atoms with van der Waals surface area (Å²) < 4.78 is 45.8. The Morgan fingerprint density at radius 1 is 1.21 bits per heavy atom. The Morgan fingerprint density at radius 3 is 2.52 bits per heavy atom. The summed E-state index contributed by atoms with van der Waals surface area (Å²) in [5.74, 6) is -0.403. The second-order valence-corrected chi connectivity index (χ2v) is 9.71. The molecule has 0 aliphatic carbocycles. The Morgan fingerprint density at radius 2 is 1.90 bits per heavy atom. The summed E-state index contributed by atoms with van der Waals surface area (Å²) in [5.41, 5.74) is 0.851. The maximum absolute atomic E-state index is 14.7. The van der Waals surface area contributed by atoms with E-state index in [9.17, 15) is 17.6 Å². The van der Waals surface area contributed by atoms with Crippen molar-refractivity contribution < 1.29 is 22.3 Å². The number of ether oxygens (including phenoxy) is 1. The molecule has 3 rings (SSSR count). The number of sulfonamides is 1. The van der Waals surface area contributed by atoms with Gasteiger partial charge in [0, 0.05) is 37.9 Å². The average molecular weight is 429 g/mol. The van der Waals surface area contributed by atoms with Gasteiger partial charge in [-0.25, -0.2) is 22.3 Å². The van der Waals surface area contributed by atoms with Crippen LogP contribution in [0.1, 0.15) is 26.7 Å². The van der Waals surface area contributed by atoms with Gasteiger partial charge in [0.15, 0.2) is 0 Å². The van der Waals surface area contributed by atoms with E-state index >= 15 is 0 Å². The maximum atomic E-state index is 14.7. The highest BCUT2D eigenvalue weighted by atomic mass is 32.2. The number of carbonyl (C=O) groups excluding carboxylic acids is 1. The predicted octanol–water partition coefficient (Wildman–Crippen LogP) is 1.98. The normalized spacial score (nSPS) is 25.7. The van der Waals surface area contributed by atoms with Gasteiger partial charge in [-0.2, -0.15) is 0 Å². The van der Waals surface area contributed by atoms with Gasteiger partial charge in [0.1, 0.15) is 5.82 Å². The van der Waals surface area contributed by atoms with Crippen LogP contribution >= 0.6 is 0 Å². The van der Waals surface area contributed by atoms with Crippen molar-refractivity contribution in [2.75, 3.05) is 42.7 Å². The van der Waals surface area contributed by atoms with Crippen LogP contribution in [-0.4, -0.2) is 70.0 Å². The first-order valence-corrected chi connectivity index (χ1v) is 11.7. The van der Waals surface area contributed by atoms with E-state index < -0.39 is 15.8 Å². The highest BCUT2D eigenvalue weighted by Gasteiger charge is 2.27. The van der Waals surface area contributed by atoms with Crippen LogP contribution in [0.4, 0.5) is 20.6 Å². The Kier molecular flexibility index (Phi) is 6.65. The molecule has 3 atom stereocenters. The second kappa shape index (κ2) is 8.85. The lowest BCUT2D eigenvalue weighted by molar-refractivity contribution is -0.00539. The average Bonchev–Trinajstić information content (AvgIpc) is 2.59. The Bertz CT molecular complexity index is 841. The SMILES string of the molecule is C[C@@H]1CN(c2ccc(NC(=O)N3CCC[C@@H](NS(C)(=O)=O)C3)cc2F)C[C@@H](C)O1. The van der Waals surface area contributed by atoms with Gasteiger partial charge in [-0.1, -0.05) is 0 Å². The summed E-state index contributed by atoms with van der Waals surface area (Å²) in [4.78, 5) is 16.0. The van der Waals surface area contributed by atoms with Gasteiger partial charge in [-0.05, 0) is 44.9 Å². The van der Waals surface area contributed by atoms with Crippen molar-refractivity contribution in [1.29, 1.82) is 0 Å². The Balaban J connectivity index is 1.63. The van der Waals surface area contributed by atoms with E-state index in [0.717, 1.165) is 6.26 Å². The van der Waals surface area contributed by atoms with Crippen LogP contribution in [0.25, 0.3) is 0 Å². The van der Waals surface area contributed by atoms with Gasteiger partial charge in [-0.15, -0.1) is 0 Å². The molecule has 2 N–H and O–H groups in total. The zero-order valence-electron chi connectivity index (χ0n) is 17.0. The van der Waals surface area contributed by atoms with Crippen LogP contribution in [0.5, 0.6) is 0 Å². The minimum atomic E-state index is -3.33. The number of piperidine rings is 1. The molecule has 1 aromatic rings. The van der Waals surface area contributed by atoms with E-state index in [2.05, 4.69) is 10.0 Å². The first-order valence-electron chi connectivity index (χ1n) is 9.84. The number of morpholine rings is 1. The molecule has 0 spiro atoms. The van der Waals surface area contributed by atoms with E-state index in [1.165, 1.54) is 6.07 Å². The fraction of sp³-hybridized carbons (Fsp3) is 0.632. The minimum Gasteiger partial charge on any atom is -0.372 e. The second-order valence-electron chi connectivity index (χ2n) is 7.93. The van der Waals surface area contributed by atoms with Crippen molar-refractivity contribution in [3.8, 4) is 0 Å². The number of halogens is 1. The van der Waals surface area contributed by atoms with Gasteiger partial charge >= 0.3 is 6.03 Å². The van der Waals surface area contributed by atoms with Gasteiger partial charge in [0.05, 0.1) is 24.2 Å². The first kappa shape index (κ1) is 21.8. The number of anilines is 2. The Hall–Kier alpha value is -1.91. The van der Waals surface area contributed by atoms with Crippen LogP contribution in [0.15, 0.2) is 18.2 Å². The van der Waals surface area contributed by atoms with Crippen LogP contribution in [0.2, 0.25) is 0 Å². The third-order valence-corrected chi connectivity index (χ3v) is 5.81. The summed E-state index contributed by atoms with van der Waals surface area (Å²) >= 11 is 0. The van der Waals surface area contributed by atoms with Gasteiger partial charge in [0.2, 0.25) is 10.0 Å². The Labute approximate surface area is 171 Å². The smallest absolute Gasteiger partial charge is 0.321 e. The highest BCUT2D eigenvalue weighted by molar-refractivity contribution is 7.88. The number of hydrogen-bond donors (Lipinski definition) is 2. The molecule has 2 saturated heterocycles. The number of nitrogens with zero attached hydrogens (tertiary/aromatic N) is 2. The van der Waals surface area contributed by atoms with E-state index in [0.29, 0.717) is 43.9 Å². The lowest BCUT2D eigenvalue weighted by Crippen LogP contribution is -2.50. The van der Waals surface area contributed by atoms with E-state index in [1.807, 2.05) is 18.7 Å². The summed E-state index contributed by atoms with van der Waals surface area (Å²) in [6, 6.07) is 3.98. The zero-order chi connectivity index (χ0) is 21.2. The summed E-state index contributed by atoms with van der Waals surface area (Å²) in [5, 5.41) is 2.71. The van der Waals surface area contributed by atoms with Crippen molar-refractivity contribution in [2.45, 2.75) is 44.9 Å². The first-order chi connectivity index (χ1) is 13.6. The van der Waals surface area contributed by atoms with Crippen LogP contribution in [0, 0.1) is 5.82 Å². The molecular weight excluding hydrogens is 399 g/mol. The number of benzene rings is 1. The van der Waals surface area contributed by atoms with Gasteiger partial charge in [-0.3, -0.25) is 0 Å². The largest absolute Gasteiger partial charge is 0.372 e. The molecule has 8 nitrogen and oxygen atoms in total. The lowest BCUT2D eigenvalue weighted by atomic mass is 10.1. The van der Waals surface area contributed by atoms with Crippen molar-refractivity contribution >= 4 is 27.4 Å². The van der Waals surface area contributed by atoms with Crippen molar-refractivity contribution in [2.24, 2.45) is 0 Å². The number of rotatable bonds is 4. The number of carbonyl (C=O) groups is 1. The van der Waals surface area contributed by atoms with Crippen molar-refractivity contribution in [1.82, 2.24) is 9.62 Å². The molecule has 1 aromatic carbocycles. The number of hydrogen-bond acceptors (Lipinski definition) is 5. The quantitative estimate of drug-likeness (QED) is 0.765. The third-order valence-electron chi connectivity index (χ3n) is 5.05. The standard InChI is InChI=1S/C19H29FN4O4S/c1-13-10-24(11-14(2)28-13)18-7-6-15(9-17(18)20)21-19(25)23-8-4-5-16(12-23)22-29(3,26)27/h6-7,9,13-14,16,22H,4-5,8,10-12H2,1-3H3,(H,21,25)/t13-,14-,16-/m1/s1. The van der Waals surface area contributed by atoms with E-state index in [-0.39, 0.29) is 30.8 Å². The highest BCUT2D eigenvalue weighted by Crippen LogP contribution is 2.26. The zero-order valence-corrected chi connectivity index (χ0v) is 17.8. The molecule has 0 saturated carbocycles. The van der Waals surface area contributed by atoms with Gasteiger partial charge < -0.3 is 19.9 Å². The molecular formula is C19H29FN4O4S. The number of likely N-dealkylation sites (tertiary alicyclic amines) is 1. The van der Waals surface area contributed by atoms with E-state index in [1.54, 1.807) is 17.0 Å². The van der Waals surface area contributed by atoms with E-state index in [4.69, 9.17) is 4.74 Å². The van der Waals surface area contributed by atoms with Crippen molar-refractivity contribution in [3.63, 3.8) is 0 Å². The molecule has 0 radical (unpaired) electrons. The molecule has 0 unspecified atom stereocenters. The lowest BCUT2D eigenvalue weighted by Gasteiger charge is -2.37. The molecule has 29 heavy (non-hydrogen) atoms. The fourth-order valence-electron chi connectivity index (χ4n) is 3.98. The number of nitrogens with one attached hydrogen (secondary N) is 2. The number of amides is 2. The molecule has 162 valence electrons. The summed E-state index contributed by atoms with van der Waals surface area (Å²) in [6.45, 7) is 5.94. The molecule has 0 bridgehead atoms. The summed E-state index contributed by atoms with van der Waals surface area (Å²) in [7, 11) is -3.33. The summed E-state index contributed by atoms with van der Waals surface area (Å²) in [6.07, 6.45) is 2.51. The topological polar surface area (TPSA) is 91.0 Å². The number of urea groups is 1. The van der Waals surface area contributed by atoms with Gasteiger partial charge in [0.25, 0.3) is 0 Å². The molecule has 2 aliphatic rings. The minimum absolute atomic E-state index is 0.0186. The van der Waals surface area contributed by atoms with Crippen LogP contribution < -0.4 is 14.9 Å². The van der Waals surface area contributed by atoms with Crippen molar-refractivity contribution in [3.05, 3.63) is 24.0 Å². The molecule has 2 heterocycles. The third kappa shape index (κ3) is 6.03. The van der Waals surface area contributed by atoms with Crippen LogP contribution in [-0.2, 0) is 14.8 Å².